The average Bonchev–Trinajstić information content (AvgIpc) is 2.80. The summed E-state index contributed by atoms with van der Waals surface area (Å²) in [5.41, 5.74) is 1.30. The van der Waals surface area contributed by atoms with Gasteiger partial charge in [-0.1, -0.05) is 30.9 Å². The predicted molar refractivity (Wildman–Crippen MR) is 140 cm³/mol. The maximum atomic E-state index is 13.4. The van der Waals surface area contributed by atoms with Crippen molar-refractivity contribution in [2.45, 2.75) is 68.9 Å². The standard InChI is InChI=1S/C29H37F3N4O2/c1-3-21-12-19(5-6-22(21)26(33-2)29(30,31)32)11-20-13-27(14-20)17-36(18-27)28(8-4-9-28)35-10-7-24-23(15-35)34-25(37)16-38-24/h3,5-6,12,20,23-24H,1,4,7-11,13-18H2,2H3,(H,34,37)/t23-,24+/m1/s1. The Kier molecular flexibility index (Phi) is 6.47. The van der Waals surface area contributed by atoms with Gasteiger partial charge in [-0.05, 0) is 67.4 Å². The first-order valence-corrected chi connectivity index (χ1v) is 13.9. The van der Waals surface area contributed by atoms with E-state index in [0.717, 1.165) is 44.6 Å². The van der Waals surface area contributed by atoms with E-state index in [0.29, 0.717) is 16.9 Å². The first kappa shape index (κ1) is 26.0. The van der Waals surface area contributed by atoms with Crippen molar-refractivity contribution in [3.05, 3.63) is 41.5 Å². The zero-order valence-corrected chi connectivity index (χ0v) is 22.0. The Labute approximate surface area is 222 Å². The second-order valence-corrected chi connectivity index (χ2v) is 12.1. The highest BCUT2D eigenvalue weighted by molar-refractivity contribution is 6.07. The monoisotopic (exact) mass is 530 g/mol. The van der Waals surface area contributed by atoms with Crippen LogP contribution in [0.5, 0.6) is 0 Å². The van der Waals surface area contributed by atoms with E-state index in [1.165, 1.54) is 45.2 Å². The van der Waals surface area contributed by atoms with Crippen molar-refractivity contribution in [3.63, 3.8) is 0 Å². The van der Waals surface area contributed by atoms with Gasteiger partial charge >= 0.3 is 6.18 Å². The number of aliphatic imine (C=N–C) groups is 1. The summed E-state index contributed by atoms with van der Waals surface area (Å²) in [4.78, 5) is 20.7. The molecule has 206 valence electrons. The number of rotatable bonds is 6. The lowest BCUT2D eigenvalue weighted by atomic mass is 9.55. The quantitative estimate of drug-likeness (QED) is 0.565. The van der Waals surface area contributed by atoms with E-state index in [1.807, 2.05) is 12.1 Å². The van der Waals surface area contributed by atoms with Crippen LogP contribution in [0, 0.1) is 11.3 Å². The molecule has 1 spiro atoms. The third kappa shape index (κ3) is 4.40. The number of ether oxygens (including phenoxy) is 1. The molecule has 6 rings (SSSR count). The van der Waals surface area contributed by atoms with Crippen LogP contribution in [0.3, 0.4) is 0 Å². The largest absolute Gasteiger partial charge is 0.433 e. The number of nitrogens with one attached hydrogen (secondary N) is 1. The summed E-state index contributed by atoms with van der Waals surface area (Å²) in [5.74, 6) is 0.554. The van der Waals surface area contributed by atoms with Crippen LogP contribution in [-0.4, -0.2) is 85.2 Å². The van der Waals surface area contributed by atoms with E-state index >= 15 is 0 Å². The van der Waals surface area contributed by atoms with Gasteiger partial charge in [0.25, 0.3) is 0 Å². The van der Waals surface area contributed by atoms with Gasteiger partial charge in [0.2, 0.25) is 5.91 Å². The zero-order chi connectivity index (χ0) is 26.7. The third-order valence-electron chi connectivity index (χ3n) is 9.76. The van der Waals surface area contributed by atoms with Crippen molar-refractivity contribution in [2.75, 3.05) is 39.8 Å². The highest BCUT2D eigenvalue weighted by Crippen LogP contribution is 2.57. The molecule has 0 unspecified atom stereocenters. The molecule has 9 heteroatoms. The van der Waals surface area contributed by atoms with Crippen molar-refractivity contribution < 1.29 is 22.7 Å². The van der Waals surface area contributed by atoms with Gasteiger partial charge < -0.3 is 10.1 Å². The Hall–Kier alpha value is -2.23. The number of carbonyl (C=O) groups excluding carboxylic acids is 1. The number of piperidine rings is 1. The predicted octanol–water partition coefficient (Wildman–Crippen LogP) is 4.03. The number of likely N-dealkylation sites (tertiary alicyclic amines) is 2. The second-order valence-electron chi connectivity index (χ2n) is 12.1. The molecule has 3 saturated heterocycles. The summed E-state index contributed by atoms with van der Waals surface area (Å²) in [7, 11) is 1.18. The van der Waals surface area contributed by atoms with Crippen LogP contribution in [0.2, 0.25) is 0 Å². The summed E-state index contributed by atoms with van der Waals surface area (Å²) in [6.45, 7) is 8.05. The fraction of sp³-hybridized carbons (Fsp3) is 0.655. The molecule has 0 radical (unpaired) electrons. The number of halogens is 3. The van der Waals surface area contributed by atoms with Crippen molar-refractivity contribution in [1.82, 2.24) is 15.1 Å². The second kappa shape index (κ2) is 9.45. The van der Waals surface area contributed by atoms with Gasteiger partial charge in [0, 0.05) is 38.8 Å². The van der Waals surface area contributed by atoms with E-state index in [1.54, 1.807) is 6.07 Å². The van der Waals surface area contributed by atoms with Crippen LogP contribution in [0.4, 0.5) is 13.2 Å². The van der Waals surface area contributed by atoms with E-state index in [4.69, 9.17) is 4.74 Å². The minimum atomic E-state index is -4.49. The molecule has 2 atom stereocenters. The van der Waals surface area contributed by atoms with Crippen molar-refractivity contribution in [2.24, 2.45) is 16.3 Å². The van der Waals surface area contributed by atoms with Crippen LogP contribution in [0.15, 0.2) is 29.8 Å². The van der Waals surface area contributed by atoms with Gasteiger partial charge in [-0.25, -0.2) is 0 Å². The number of hydrogen-bond acceptors (Lipinski definition) is 5. The fourth-order valence-corrected chi connectivity index (χ4v) is 7.89. The van der Waals surface area contributed by atoms with Crippen LogP contribution in [0.1, 0.15) is 55.2 Å². The number of hydrogen-bond donors (Lipinski definition) is 1. The number of morpholine rings is 1. The molecule has 0 bridgehead atoms. The summed E-state index contributed by atoms with van der Waals surface area (Å²) >= 11 is 0. The number of alkyl halides is 3. The van der Waals surface area contributed by atoms with Gasteiger partial charge in [0.1, 0.15) is 12.3 Å². The van der Waals surface area contributed by atoms with Crippen LogP contribution >= 0.6 is 0 Å². The number of nitrogens with zero attached hydrogens (tertiary/aromatic N) is 3. The lowest BCUT2D eigenvalue weighted by Gasteiger charge is -2.69. The SMILES string of the molecule is C=Cc1cc(CC2CC3(C2)CN(C2(N4CC[C@@H]5OCC(=O)N[C@@H]5C4)CCC2)C3)ccc1C(=NC)C(F)(F)F. The van der Waals surface area contributed by atoms with E-state index in [2.05, 4.69) is 26.7 Å². The Balaban J connectivity index is 1.05. The van der Waals surface area contributed by atoms with Crippen LogP contribution in [-0.2, 0) is 16.0 Å². The van der Waals surface area contributed by atoms with Crippen molar-refractivity contribution in [3.8, 4) is 0 Å². The van der Waals surface area contributed by atoms with Gasteiger partial charge in [0.15, 0.2) is 0 Å². The Morgan fingerprint density at radius 1 is 1.26 bits per heavy atom. The first-order valence-electron chi connectivity index (χ1n) is 13.9. The smallest absolute Gasteiger partial charge is 0.366 e. The van der Waals surface area contributed by atoms with Gasteiger partial charge in [-0.3, -0.25) is 19.6 Å². The highest BCUT2D eigenvalue weighted by Gasteiger charge is 2.60. The highest BCUT2D eigenvalue weighted by atomic mass is 19.4. The Morgan fingerprint density at radius 3 is 2.66 bits per heavy atom. The zero-order valence-electron chi connectivity index (χ0n) is 22.0. The lowest BCUT2D eigenvalue weighted by Crippen LogP contribution is -2.77. The van der Waals surface area contributed by atoms with Gasteiger partial charge in [0.05, 0.1) is 17.8 Å². The molecule has 2 aliphatic carbocycles. The maximum absolute atomic E-state index is 13.4. The normalized spacial score (nSPS) is 29.6. The lowest BCUT2D eigenvalue weighted by molar-refractivity contribution is -0.225. The molecule has 0 aromatic heterocycles. The van der Waals surface area contributed by atoms with Crippen LogP contribution in [0.25, 0.3) is 6.08 Å². The molecule has 2 saturated carbocycles. The molecule has 1 N–H and O–H groups in total. The number of amides is 1. The van der Waals surface area contributed by atoms with E-state index < -0.39 is 11.9 Å². The molecule has 1 aromatic rings. The molecule has 1 amide bonds. The Morgan fingerprint density at radius 2 is 2.03 bits per heavy atom. The molecular weight excluding hydrogens is 493 g/mol. The summed E-state index contributed by atoms with van der Waals surface area (Å²) < 4.78 is 45.9. The molecular formula is C29H37F3N4O2. The topological polar surface area (TPSA) is 57.2 Å². The minimum Gasteiger partial charge on any atom is -0.366 e. The molecule has 1 aromatic carbocycles. The van der Waals surface area contributed by atoms with Gasteiger partial charge in [-0.2, -0.15) is 13.2 Å². The molecule has 38 heavy (non-hydrogen) atoms. The average molecular weight is 531 g/mol. The van der Waals surface area contributed by atoms with Crippen molar-refractivity contribution in [1.29, 1.82) is 0 Å². The number of carbonyl (C=O) groups is 1. The van der Waals surface area contributed by atoms with E-state index in [-0.39, 0.29) is 35.9 Å². The van der Waals surface area contributed by atoms with E-state index in [9.17, 15) is 18.0 Å². The number of benzene rings is 1. The summed E-state index contributed by atoms with van der Waals surface area (Å²) in [6.07, 6.45) is 4.96. The summed E-state index contributed by atoms with van der Waals surface area (Å²) in [5, 5.41) is 3.15. The molecule has 3 aliphatic heterocycles. The van der Waals surface area contributed by atoms with Crippen LogP contribution < -0.4 is 5.32 Å². The minimum absolute atomic E-state index is 0.00619. The molecule has 6 nitrogen and oxygen atoms in total. The van der Waals surface area contributed by atoms with Crippen molar-refractivity contribution >= 4 is 17.7 Å². The molecule has 3 heterocycles. The summed E-state index contributed by atoms with van der Waals surface area (Å²) in [6, 6.07) is 5.30. The number of fused-ring (bicyclic) bond motifs is 1. The Bertz CT molecular complexity index is 1130. The third-order valence-corrected chi connectivity index (χ3v) is 9.76. The molecule has 5 fully saturated rings. The molecule has 5 aliphatic rings. The first-order chi connectivity index (χ1) is 18.1. The maximum Gasteiger partial charge on any atom is 0.433 e. The van der Waals surface area contributed by atoms with Gasteiger partial charge in [-0.15, -0.1) is 0 Å². The fourth-order valence-electron chi connectivity index (χ4n) is 7.89.